The molecule has 1 N–H and O–H groups in total. The number of anilines is 1. The molecule has 0 saturated carbocycles. The molecule has 1 heterocycles. The van der Waals surface area contributed by atoms with Gasteiger partial charge in [-0.2, -0.15) is 0 Å². The lowest BCUT2D eigenvalue weighted by Crippen LogP contribution is -2.38. The molecule has 0 unspecified atom stereocenters. The Morgan fingerprint density at radius 1 is 1.27 bits per heavy atom. The molecule has 2 rings (SSSR count). The number of benzene rings is 1. The fourth-order valence-electron chi connectivity index (χ4n) is 2.54. The number of thiazole rings is 1. The molecule has 140 valence electrons. The molecule has 2 amide bonds. The Labute approximate surface area is 158 Å². The summed E-state index contributed by atoms with van der Waals surface area (Å²) in [4.78, 5) is 30.8. The number of aromatic nitrogens is 1. The lowest BCUT2D eigenvalue weighted by Gasteiger charge is -2.22. The van der Waals surface area contributed by atoms with Gasteiger partial charge in [-0.05, 0) is 24.6 Å². The highest BCUT2D eigenvalue weighted by Crippen LogP contribution is 2.16. The van der Waals surface area contributed by atoms with Gasteiger partial charge in [0.25, 0.3) is 5.91 Å². The molecule has 0 aliphatic carbocycles. The van der Waals surface area contributed by atoms with Gasteiger partial charge in [-0.1, -0.05) is 32.3 Å². The van der Waals surface area contributed by atoms with Crippen LogP contribution in [-0.2, 0) is 4.79 Å². The summed E-state index contributed by atoms with van der Waals surface area (Å²) >= 11 is 1.35. The Bertz CT molecular complexity index is 704. The van der Waals surface area contributed by atoms with Gasteiger partial charge in [-0.15, -0.1) is 11.3 Å². The normalized spacial score (nSPS) is 10.4. The summed E-state index contributed by atoms with van der Waals surface area (Å²) in [5.41, 5.74) is 0.516. The van der Waals surface area contributed by atoms with Crippen molar-refractivity contribution < 1.29 is 14.3 Å². The van der Waals surface area contributed by atoms with Crippen LogP contribution >= 0.6 is 11.3 Å². The van der Waals surface area contributed by atoms with E-state index in [1.807, 2.05) is 0 Å². The number of ether oxygens (including phenoxy) is 1. The zero-order chi connectivity index (χ0) is 18.8. The van der Waals surface area contributed by atoms with E-state index in [0.717, 1.165) is 25.7 Å². The van der Waals surface area contributed by atoms with E-state index in [4.69, 9.17) is 4.74 Å². The van der Waals surface area contributed by atoms with Gasteiger partial charge >= 0.3 is 0 Å². The van der Waals surface area contributed by atoms with Crippen LogP contribution in [0, 0.1) is 0 Å². The van der Waals surface area contributed by atoms with Crippen LogP contribution in [0.5, 0.6) is 5.75 Å². The second-order valence-corrected chi connectivity index (χ2v) is 6.80. The molecule has 26 heavy (non-hydrogen) atoms. The standard InChI is InChI=1S/C19H25N3O3S/c1-3-4-5-6-11-22(14-17(23)21-19-20-10-12-26-19)18(24)15-8-7-9-16(13-15)25-2/h7-10,12-13H,3-6,11,14H2,1-2H3,(H,20,21,23). The van der Waals surface area contributed by atoms with Crippen molar-refractivity contribution in [2.75, 3.05) is 25.5 Å². The van der Waals surface area contributed by atoms with Crippen molar-refractivity contribution in [3.05, 3.63) is 41.4 Å². The van der Waals surface area contributed by atoms with Crippen molar-refractivity contribution in [3.63, 3.8) is 0 Å². The van der Waals surface area contributed by atoms with Crippen LogP contribution < -0.4 is 10.1 Å². The van der Waals surface area contributed by atoms with Gasteiger partial charge < -0.3 is 15.0 Å². The number of rotatable bonds is 10. The highest BCUT2D eigenvalue weighted by Gasteiger charge is 2.19. The predicted octanol–water partition coefficient (Wildman–Crippen LogP) is 3.81. The molecule has 0 atom stereocenters. The van der Waals surface area contributed by atoms with Crippen molar-refractivity contribution in [1.82, 2.24) is 9.88 Å². The maximum absolute atomic E-state index is 12.9. The highest BCUT2D eigenvalue weighted by molar-refractivity contribution is 7.13. The third-order valence-electron chi connectivity index (χ3n) is 3.90. The van der Waals surface area contributed by atoms with Crippen LogP contribution in [0.25, 0.3) is 0 Å². The quantitative estimate of drug-likeness (QED) is 0.641. The van der Waals surface area contributed by atoms with E-state index >= 15 is 0 Å². The highest BCUT2D eigenvalue weighted by atomic mass is 32.1. The van der Waals surface area contributed by atoms with E-state index in [1.165, 1.54) is 11.3 Å². The maximum Gasteiger partial charge on any atom is 0.254 e. The van der Waals surface area contributed by atoms with Crippen molar-refractivity contribution in [1.29, 1.82) is 0 Å². The van der Waals surface area contributed by atoms with E-state index in [9.17, 15) is 9.59 Å². The minimum absolute atomic E-state index is 0.00173. The predicted molar refractivity (Wildman–Crippen MR) is 104 cm³/mol. The molecule has 0 fully saturated rings. The Morgan fingerprint density at radius 3 is 2.81 bits per heavy atom. The van der Waals surface area contributed by atoms with Crippen molar-refractivity contribution in [2.24, 2.45) is 0 Å². The van der Waals surface area contributed by atoms with Gasteiger partial charge in [-0.25, -0.2) is 4.98 Å². The molecule has 6 nitrogen and oxygen atoms in total. The van der Waals surface area contributed by atoms with Crippen LogP contribution in [0.1, 0.15) is 43.0 Å². The summed E-state index contributed by atoms with van der Waals surface area (Å²) in [5.74, 6) is 0.204. The first-order chi connectivity index (χ1) is 12.6. The monoisotopic (exact) mass is 375 g/mol. The van der Waals surface area contributed by atoms with Crippen LogP contribution in [0.15, 0.2) is 35.8 Å². The first-order valence-electron chi connectivity index (χ1n) is 8.76. The third kappa shape index (κ3) is 6.15. The number of hydrogen-bond donors (Lipinski definition) is 1. The molecule has 2 aromatic rings. The van der Waals surface area contributed by atoms with E-state index in [0.29, 0.717) is 23.0 Å². The summed E-state index contributed by atoms with van der Waals surface area (Å²) in [6, 6.07) is 7.00. The first kappa shape index (κ1) is 19.9. The van der Waals surface area contributed by atoms with Crippen LogP contribution in [-0.4, -0.2) is 41.9 Å². The lowest BCUT2D eigenvalue weighted by molar-refractivity contribution is -0.116. The molecular weight excluding hydrogens is 350 g/mol. The van der Waals surface area contributed by atoms with Crippen LogP contribution in [0.2, 0.25) is 0 Å². The minimum atomic E-state index is -0.244. The Hall–Kier alpha value is -2.41. The van der Waals surface area contributed by atoms with Crippen molar-refractivity contribution in [3.8, 4) is 5.75 Å². The van der Waals surface area contributed by atoms with E-state index < -0.39 is 0 Å². The third-order valence-corrected chi connectivity index (χ3v) is 4.59. The van der Waals surface area contributed by atoms with Gasteiger partial charge in [-0.3, -0.25) is 9.59 Å². The molecule has 0 saturated heterocycles. The molecule has 0 aliphatic heterocycles. The fourth-order valence-corrected chi connectivity index (χ4v) is 3.08. The molecule has 1 aromatic heterocycles. The summed E-state index contributed by atoms with van der Waals surface area (Å²) in [6.07, 6.45) is 5.77. The van der Waals surface area contributed by atoms with E-state index in [2.05, 4.69) is 17.2 Å². The van der Waals surface area contributed by atoms with Gasteiger partial charge in [0.1, 0.15) is 12.3 Å². The lowest BCUT2D eigenvalue weighted by atomic mass is 10.1. The summed E-state index contributed by atoms with van der Waals surface area (Å²) in [6.45, 7) is 2.68. The average Bonchev–Trinajstić information content (AvgIpc) is 3.16. The Morgan fingerprint density at radius 2 is 2.12 bits per heavy atom. The molecule has 0 bridgehead atoms. The molecule has 0 aliphatic rings. The fraction of sp³-hybridized carbons (Fsp3) is 0.421. The number of methoxy groups -OCH3 is 1. The summed E-state index contributed by atoms with van der Waals surface area (Å²) in [7, 11) is 1.56. The van der Waals surface area contributed by atoms with Gasteiger partial charge in [0.2, 0.25) is 5.91 Å². The largest absolute Gasteiger partial charge is 0.497 e. The molecule has 1 aromatic carbocycles. The number of nitrogens with zero attached hydrogens (tertiary/aromatic N) is 2. The Kier molecular flexibility index (Phi) is 8.08. The molecule has 7 heteroatoms. The van der Waals surface area contributed by atoms with Crippen molar-refractivity contribution >= 4 is 28.3 Å². The van der Waals surface area contributed by atoms with E-state index in [1.54, 1.807) is 47.9 Å². The number of nitrogens with one attached hydrogen (secondary N) is 1. The zero-order valence-corrected chi connectivity index (χ0v) is 16.1. The minimum Gasteiger partial charge on any atom is -0.497 e. The van der Waals surface area contributed by atoms with Crippen LogP contribution in [0.4, 0.5) is 5.13 Å². The molecule has 0 radical (unpaired) electrons. The number of hydrogen-bond acceptors (Lipinski definition) is 5. The summed E-state index contributed by atoms with van der Waals surface area (Å²) in [5, 5.41) is 5.06. The second-order valence-electron chi connectivity index (χ2n) is 5.90. The molecular formula is C19H25N3O3S. The number of unbranched alkanes of at least 4 members (excludes halogenated alkanes) is 3. The van der Waals surface area contributed by atoms with E-state index in [-0.39, 0.29) is 18.4 Å². The smallest absolute Gasteiger partial charge is 0.254 e. The summed E-state index contributed by atoms with van der Waals surface area (Å²) < 4.78 is 5.19. The zero-order valence-electron chi connectivity index (χ0n) is 15.2. The number of carbonyl (C=O) groups excluding carboxylic acids is 2. The number of carbonyl (C=O) groups is 2. The molecule has 0 spiro atoms. The topological polar surface area (TPSA) is 71.5 Å². The van der Waals surface area contributed by atoms with Crippen molar-refractivity contribution in [2.45, 2.75) is 32.6 Å². The SMILES string of the molecule is CCCCCCN(CC(=O)Nc1nccs1)C(=O)c1cccc(OC)c1. The Balaban J connectivity index is 2.05. The average molecular weight is 375 g/mol. The van der Waals surface area contributed by atoms with Gasteiger partial charge in [0, 0.05) is 23.7 Å². The second kappa shape index (κ2) is 10.6. The van der Waals surface area contributed by atoms with Gasteiger partial charge in [0.05, 0.1) is 7.11 Å². The van der Waals surface area contributed by atoms with Gasteiger partial charge in [0.15, 0.2) is 5.13 Å². The first-order valence-corrected chi connectivity index (χ1v) is 9.64. The maximum atomic E-state index is 12.9. The number of amides is 2. The van der Waals surface area contributed by atoms with Crippen LogP contribution in [0.3, 0.4) is 0 Å².